The Morgan fingerprint density at radius 2 is 2.33 bits per heavy atom. The number of thioether (sulfide) groups is 1. The van der Waals surface area contributed by atoms with Gasteiger partial charge in [0, 0.05) is 24.5 Å². The number of rotatable bonds is 8. The van der Waals surface area contributed by atoms with Gasteiger partial charge in [0.25, 0.3) is 0 Å². The van der Waals surface area contributed by atoms with Gasteiger partial charge in [-0.15, -0.1) is 0 Å². The van der Waals surface area contributed by atoms with E-state index in [1.165, 1.54) is 6.20 Å². The van der Waals surface area contributed by atoms with Gasteiger partial charge < -0.3 is 5.32 Å². The van der Waals surface area contributed by atoms with Gasteiger partial charge in [0.2, 0.25) is 10.0 Å². The van der Waals surface area contributed by atoms with Crippen molar-refractivity contribution in [3.8, 4) is 0 Å². The average Bonchev–Trinajstić information content (AvgIpc) is 2.94. The van der Waals surface area contributed by atoms with Crippen LogP contribution in [-0.4, -0.2) is 48.8 Å². The molecule has 1 aliphatic heterocycles. The molecule has 0 saturated carbocycles. The summed E-state index contributed by atoms with van der Waals surface area (Å²) in [6, 6.07) is 0.0447. The number of nitrogens with one attached hydrogen (secondary N) is 2. The lowest BCUT2D eigenvalue weighted by Crippen LogP contribution is -2.38. The minimum Gasteiger partial charge on any atom is -0.315 e. The fraction of sp³-hybridized carbons (Fsp3) is 0.769. The van der Waals surface area contributed by atoms with E-state index in [0.29, 0.717) is 6.54 Å². The predicted molar refractivity (Wildman–Crippen MR) is 86.1 cm³/mol. The SMILES string of the molecule is CCCNCCn1cc(S(=O)(=O)NC2CCCSC2)cn1. The second-order valence-corrected chi connectivity index (χ2v) is 8.09. The van der Waals surface area contributed by atoms with Crippen molar-refractivity contribution < 1.29 is 8.42 Å². The normalized spacial score (nSPS) is 19.8. The highest BCUT2D eigenvalue weighted by molar-refractivity contribution is 7.99. The highest BCUT2D eigenvalue weighted by atomic mass is 32.2. The quantitative estimate of drug-likeness (QED) is 0.696. The van der Waals surface area contributed by atoms with Crippen molar-refractivity contribution in [2.45, 2.75) is 43.7 Å². The monoisotopic (exact) mass is 332 g/mol. The minimum absolute atomic E-state index is 0.0447. The van der Waals surface area contributed by atoms with Crippen molar-refractivity contribution in [3.05, 3.63) is 12.4 Å². The molecule has 1 saturated heterocycles. The molecule has 2 heterocycles. The molecule has 6 nitrogen and oxygen atoms in total. The molecule has 120 valence electrons. The summed E-state index contributed by atoms with van der Waals surface area (Å²) in [6.45, 7) is 4.55. The van der Waals surface area contributed by atoms with E-state index in [2.05, 4.69) is 22.1 Å². The fourth-order valence-electron chi connectivity index (χ4n) is 2.22. The van der Waals surface area contributed by atoms with Crippen molar-refractivity contribution in [2.75, 3.05) is 24.6 Å². The van der Waals surface area contributed by atoms with E-state index in [1.54, 1.807) is 22.6 Å². The Hall–Kier alpha value is -0.570. The third-order valence-corrected chi connectivity index (χ3v) is 6.04. The van der Waals surface area contributed by atoms with E-state index in [1.807, 2.05) is 0 Å². The summed E-state index contributed by atoms with van der Waals surface area (Å²) in [5.74, 6) is 1.98. The predicted octanol–water partition coefficient (Wildman–Crippen LogP) is 1.06. The van der Waals surface area contributed by atoms with Gasteiger partial charge in [0.15, 0.2) is 0 Å². The third-order valence-electron chi connectivity index (χ3n) is 3.35. The zero-order valence-corrected chi connectivity index (χ0v) is 14.0. The lowest BCUT2D eigenvalue weighted by molar-refractivity contribution is 0.541. The van der Waals surface area contributed by atoms with Crippen LogP contribution in [-0.2, 0) is 16.6 Å². The standard InChI is InChI=1S/C13H24N4O2S2/c1-2-5-14-6-7-17-10-13(9-15-17)21(18,19)16-12-4-3-8-20-11-12/h9-10,12,14,16H,2-8,11H2,1H3. The van der Waals surface area contributed by atoms with Crippen LogP contribution in [0.4, 0.5) is 0 Å². The number of sulfonamides is 1. The van der Waals surface area contributed by atoms with E-state index in [9.17, 15) is 8.42 Å². The Morgan fingerprint density at radius 1 is 1.48 bits per heavy atom. The first kappa shape index (κ1) is 16.8. The first-order valence-electron chi connectivity index (χ1n) is 7.45. The van der Waals surface area contributed by atoms with Crippen LogP contribution >= 0.6 is 11.8 Å². The summed E-state index contributed by atoms with van der Waals surface area (Å²) in [5.41, 5.74) is 0. The lowest BCUT2D eigenvalue weighted by atomic mass is 10.2. The van der Waals surface area contributed by atoms with Crippen LogP contribution in [0, 0.1) is 0 Å². The molecule has 2 rings (SSSR count). The molecule has 0 radical (unpaired) electrons. The topological polar surface area (TPSA) is 76.0 Å². The molecule has 1 unspecified atom stereocenters. The summed E-state index contributed by atoms with van der Waals surface area (Å²) < 4.78 is 29.1. The Balaban J connectivity index is 1.89. The maximum Gasteiger partial charge on any atom is 0.243 e. The van der Waals surface area contributed by atoms with E-state index in [-0.39, 0.29) is 10.9 Å². The van der Waals surface area contributed by atoms with Crippen molar-refractivity contribution in [1.29, 1.82) is 0 Å². The maximum absolute atomic E-state index is 12.3. The second-order valence-electron chi connectivity index (χ2n) is 5.22. The minimum atomic E-state index is -3.44. The molecule has 0 bridgehead atoms. The van der Waals surface area contributed by atoms with Crippen LogP contribution in [0.15, 0.2) is 17.3 Å². The van der Waals surface area contributed by atoms with Gasteiger partial charge >= 0.3 is 0 Å². The zero-order chi connectivity index (χ0) is 15.1. The summed E-state index contributed by atoms with van der Waals surface area (Å²) in [5, 5.41) is 7.39. The zero-order valence-electron chi connectivity index (χ0n) is 12.4. The summed E-state index contributed by atoms with van der Waals surface area (Å²) in [6.07, 6.45) is 6.10. The number of hydrogen-bond donors (Lipinski definition) is 2. The Kier molecular flexibility index (Phi) is 6.53. The van der Waals surface area contributed by atoms with Crippen LogP contribution < -0.4 is 10.0 Å². The Bertz CT molecular complexity index is 524. The molecule has 1 aromatic heterocycles. The second kappa shape index (κ2) is 8.17. The molecule has 1 atom stereocenters. The van der Waals surface area contributed by atoms with Gasteiger partial charge in [0.05, 0.1) is 12.7 Å². The highest BCUT2D eigenvalue weighted by Gasteiger charge is 2.23. The van der Waals surface area contributed by atoms with E-state index in [4.69, 9.17) is 0 Å². The van der Waals surface area contributed by atoms with E-state index >= 15 is 0 Å². The van der Waals surface area contributed by atoms with Crippen LogP contribution in [0.25, 0.3) is 0 Å². The number of nitrogens with zero attached hydrogens (tertiary/aromatic N) is 2. The highest BCUT2D eigenvalue weighted by Crippen LogP contribution is 2.19. The van der Waals surface area contributed by atoms with E-state index < -0.39 is 10.0 Å². The van der Waals surface area contributed by atoms with Gasteiger partial charge in [0.1, 0.15) is 4.90 Å². The first-order chi connectivity index (χ1) is 10.1. The fourth-order valence-corrected chi connectivity index (χ4v) is 4.62. The molecule has 0 aliphatic carbocycles. The first-order valence-corrected chi connectivity index (χ1v) is 10.1. The van der Waals surface area contributed by atoms with Crippen molar-refractivity contribution >= 4 is 21.8 Å². The molecule has 1 aliphatic rings. The molecule has 2 N–H and O–H groups in total. The molecule has 1 fully saturated rings. The lowest BCUT2D eigenvalue weighted by Gasteiger charge is -2.21. The molecule has 0 aromatic carbocycles. The van der Waals surface area contributed by atoms with Crippen LogP contribution in [0.1, 0.15) is 26.2 Å². The largest absolute Gasteiger partial charge is 0.315 e. The van der Waals surface area contributed by atoms with Crippen LogP contribution in [0.2, 0.25) is 0 Å². The molecule has 0 amide bonds. The maximum atomic E-state index is 12.3. The van der Waals surface area contributed by atoms with Gasteiger partial charge in [-0.3, -0.25) is 4.68 Å². The third kappa shape index (κ3) is 5.28. The van der Waals surface area contributed by atoms with Gasteiger partial charge in [-0.05, 0) is 31.6 Å². The summed E-state index contributed by atoms with van der Waals surface area (Å²) >= 11 is 1.80. The smallest absolute Gasteiger partial charge is 0.243 e. The van der Waals surface area contributed by atoms with Crippen molar-refractivity contribution in [2.24, 2.45) is 0 Å². The molecular weight excluding hydrogens is 308 g/mol. The molecule has 8 heteroatoms. The Morgan fingerprint density at radius 3 is 3.05 bits per heavy atom. The van der Waals surface area contributed by atoms with Gasteiger partial charge in [-0.25, -0.2) is 13.1 Å². The number of aromatic nitrogens is 2. The molecule has 1 aromatic rings. The van der Waals surface area contributed by atoms with Crippen molar-refractivity contribution in [3.63, 3.8) is 0 Å². The molecule has 0 spiro atoms. The van der Waals surface area contributed by atoms with Gasteiger partial charge in [-0.2, -0.15) is 16.9 Å². The summed E-state index contributed by atoms with van der Waals surface area (Å²) in [4.78, 5) is 0.258. The van der Waals surface area contributed by atoms with Gasteiger partial charge in [-0.1, -0.05) is 6.92 Å². The molecule has 21 heavy (non-hydrogen) atoms. The Labute approximate surface area is 131 Å². The average molecular weight is 332 g/mol. The van der Waals surface area contributed by atoms with E-state index in [0.717, 1.165) is 43.9 Å². The summed E-state index contributed by atoms with van der Waals surface area (Å²) in [7, 11) is -3.44. The van der Waals surface area contributed by atoms with Crippen LogP contribution in [0.3, 0.4) is 0 Å². The number of hydrogen-bond acceptors (Lipinski definition) is 5. The van der Waals surface area contributed by atoms with Crippen LogP contribution in [0.5, 0.6) is 0 Å². The molecular formula is C13H24N4O2S2. The van der Waals surface area contributed by atoms with Crippen molar-refractivity contribution in [1.82, 2.24) is 19.8 Å².